The van der Waals surface area contributed by atoms with Gasteiger partial charge in [0.2, 0.25) is 0 Å². The van der Waals surface area contributed by atoms with E-state index < -0.39 is 5.97 Å². The van der Waals surface area contributed by atoms with Crippen molar-refractivity contribution in [2.45, 2.75) is 13.3 Å². The van der Waals surface area contributed by atoms with Crippen LogP contribution < -0.4 is 9.84 Å². The van der Waals surface area contributed by atoms with Crippen LogP contribution in [0.1, 0.15) is 22.8 Å². The highest BCUT2D eigenvalue weighted by Crippen LogP contribution is 2.28. The highest BCUT2D eigenvalue weighted by atomic mass is 35.5. The van der Waals surface area contributed by atoms with Crippen molar-refractivity contribution < 1.29 is 19.4 Å². The van der Waals surface area contributed by atoms with E-state index in [0.29, 0.717) is 29.8 Å². The molecule has 1 rings (SSSR count). The molecule has 0 atom stereocenters. The van der Waals surface area contributed by atoms with Crippen LogP contribution >= 0.6 is 11.6 Å². The number of ether oxygens (including phenoxy) is 1. The fourth-order valence-electron chi connectivity index (χ4n) is 1.30. The number of rotatable bonds is 5. The minimum absolute atomic E-state index is 0.192. The summed E-state index contributed by atoms with van der Waals surface area (Å²) in [6.07, 6.45) is 0.282. The molecule has 1 aromatic rings. The Hall–Kier alpha value is -1.55. The molecule has 0 amide bonds. The smallest absolute Gasteiger partial charge is 0.150 e. The number of benzene rings is 1. The van der Waals surface area contributed by atoms with Gasteiger partial charge in [-0.1, -0.05) is 11.6 Å². The Kier molecular flexibility index (Phi) is 4.31. The molecule has 0 heterocycles. The van der Waals surface area contributed by atoms with Gasteiger partial charge in [0.25, 0.3) is 0 Å². The Bertz CT molecular complexity index is 415. The van der Waals surface area contributed by atoms with Crippen molar-refractivity contribution in [1.29, 1.82) is 0 Å². The standard InChI is InChI=1S/C11H11ClO4/c1-2-16-10-4-7(6-13)3-9(12)8(10)5-11(14)15/h3-4,6H,2,5H2,1H3,(H,14,15)/p-1. The van der Waals surface area contributed by atoms with Crippen molar-refractivity contribution in [2.75, 3.05) is 6.61 Å². The molecule has 0 saturated heterocycles. The molecule has 4 nitrogen and oxygen atoms in total. The second-order valence-corrected chi connectivity index (χ2v) is 3.49. The van der Waals surface area contributed by atoms with Crippen molar-refractivity contribution in [3.05, 3.63) is 28.3 Å². The summed E-state index contributed by atoms with van der Waals surface area (Å²) in [6, 6.07) is 2.86. The van der Waals surface area contributed by atoms with Gasteiger partial charge >= 0.3 is 0 Å². The van der Waals surface area contributed by atoms with Gasteiger partial charge in [0, 0.05) is 28.5 Å². The number of aldehydes is 1. The van der Waals surface area contributed by atoms with Crippen molar-refractivity contribution in [1.82, 2.24) is 0 Å². The molecule has 0 fully saturated rings. The van der Waals surface area contributed by atoms with E-state index in [-0.39, 0.29) is 11.4 Å². The zero-order valence-electron chi connectivity index (χ0n) is 8.66. The fraction of sp³-hybridized carbons (Fsp3) is 0.273. The summed E-state index contributed by atoms with van der Waals surface area (Å²) in [5.74, 6) is -0.942. The number of hydrogen-bond donors (Lipinski definition) is 0. The number of hydrogen-bond acceptors (Lipinski definition) is 4. The van der Waals surface area contributed by atoms with Gasteiger partial charge in [0.15, 0.2) is 0 Å². The lowest BCUT2D eigenvalue weighted by Crippen LogP contribution is -2.24. The monoisotopic (exact) mass is 241 g/mol. The lowest BCUT2D eigenvalue weighted by atomic mass is 10.1. The molecule has 86 valence electrons. The second kappa shape index (κ2) is 5.51. The summed E-state index contributed by atoms with van der Waals surface area (Å²) in [5.41, 5.74) is 0.671. The van der Waals surface area contributed by atoms with Gasteiger partial charge in [-0.05, 0) is 19.1 Å². The van der Waals surface area contributed by atoms with E-state index in [4.69, 9.17) is 16.3 Å². The van der Waals surface area contributed by atoms with Crippen LogP contribution in [-0.4, -0.2) is 18.9 Å². The van der Waals surface area contributed by atoms with E-state index in [1.54, 1.807) is 6.92 Å². The zero-order valence-corrected chi connectivity index (χ0v) is 9.41. The van der Waals surface area contributed by atoms with Crippen molar-refractivity contribution in [2.24, 2.45) is 0 Å². The molecule has 16 heavy (non-hydrogen) atoms. The van der Waals surface area contributed by atoms with E-state index >= 15 is 0 Å². The minimum atomic E-state index is -1.25. The molecule has 0 radical (unpaired) electrons. The number of carboxylic acids is 1. The Labute approximate surface area is 97.8 Å². The van der Waals surface area contributed by atoms with Gasteiger partial charge in [-0.25, -0.2) is 0 Å². The Morgan fingerprint density at radius 2 is 2.25 bits per heavy atom. The molecule has 5 heteroatoms. The summed E-state index contributed by atoms with van der Waals surface area (Å²) < 4.78 is 5.23. The molecule has 0 N–H and O–H groups in total. The number of carboxylic acid groups (broad SMARTS) is 1. The van der Waals surface area contributed by atoms with Gasteiger partial charge in [-0.3, -0.25) is 4.79 Å². The minimum Gasteiger partial charge on any atom is -0.550 e. The number of carbonyl (C=O) groups is 2. The van der Waals surface area contributed by atoms with Crippen LogP contribution in [0.15, 0.2) is 12.1 Å². The van der Waals surface area contributed by atoms with Crippen LogP contribution in [0, 0.1) is 0 Å². The molecule has 0 aliphatic heterocycles. The van der Waals surface area contributed by atoms with Gasteiger partial charge in [-0.2, -0.15) is 0 Å². The van der Waals surface area contributed by atoms with Crippen molar-refractivity contribution in [3.8, 4) is 5.75 Å². The normalized spacial score (nSPS) is 9.88. The molecule has 0 aliphatic carbocycles. The maximum atomic E-state index is 10.6. The summed E-state index contributed by atoms with van der Waals surface area (Å²) in [4.78, 5) is 21.1. The predicted octanol–water partition coefficient (Wildman–Crippen LogP) is 0.844. The Morgan fingerprint density at radius 3 is 2.75 bits per heavy atom. The van der Waals surface area contributed by atoms with Crippen LogP contribution in [0.25, 0.3) is 0 Å². The van der Waals surface area contributed by atoms with E-state index in [9.17, 15) is 14.7 Å². The van der Waals surface area contributed by atoms with E-state index in [1.807, 2.05) is 0 Å². The summed E-state index contributed by atoms with van der Waals surface area (Å²) in [7, 11) is 0. The molecule has 0 aromatic heterocycles. The first-order valence-corrected chi connectivity index (χ1v) is 5.06. The van der Waals surface area contributed by atoms with Crippen molar-refractivity contribution in [3.63, 3.8) is 0 Å². The van der Waals surface area contributed by atoms with E-state index in [2.05, 4.69) is 0 Å². The molecule has 0 unspecified atom stereocenters. The summed E-state index contributed by atoms with van der Waals surface area (Å²) in [5, 5.41) is 10.7. The van der Waals surface area contributed by atoms with Crippen LogP contribution in [-0.2, 0) is 11.2 Å². The van der Waals surface area contributed by atoms with Crippen molar-refractivity contribution >= 4 is 23.9 Å². The van der Waals surface area contributed by atoms with Crippen LogP contribution in [0.3, 0.4) is 0 Å². The Balaban J connectivity index is 3.21. The molecule has 0 bridgehead atoms. The predicted molar refractivity (Wildman–Crippen MR) is 56.7 cm³/mol. The number of carbonyl (C=O) groups excluding carboxylic acids is 2. The highest BCUT2D eigenvalue weighted by Gasteiger charge is 2.11. The van der Waals surface area contributed by atoms with Gasteiger partial charge in [0.1, 0.15) is 12.0 Å². The molecular formula is C11H10ClO4-. The van der Waals surface area contributed by atoms with E-state index in [1.165, 1.54) is 12.1 Å². The SMILES string of the molecule is CCOc1cc(C=O)cc(Cl)c1CC(=O)[O-]. The first-order valence-electron chi connectivity index (χ1n) is 4.68. The van der Waals surface area contributed by atoms with Crippen LogP contribution in [0.2, 0.25) is 5.02 Å². The average molecular weight is 242 g/mol. The van der Waals surface area contributed by atoms with E-state index in [0.717, 1.165) is 0 Å². The third-order valence-corrected chi connectivity index (χ3v) is 2.27. The Morgan fingerprint density at radius 1 is 1.56 bits per heavy atom. The number of halogens is 1. The largest absolute Gasteiger partial charge is 0.550 e. The molecule has 0 spiro atoms. The summed E-state index contributed by atoms with van der Waals surface area (Å²) in [6.45, 7) is 2.11. The maximum absolute atomic E-state index is 10.6. The summed E-state index contributed by atoms with van der Waals surface area (Å²) >= 11 is 5.86. The topological polar surface area (TPSA) is 66.4 Å². The van der Waals surface area contributed by atoms with Gasteiger partial charge in [0.05, 0.1) is 6.61 Å². The average Bonchev–Trinajstić information content (AvgIpc) is 2.22. The van der Waals surface area contributed by atoms with Gasteiger partial charge in [-0.15, -0.1) is 0 Å². The van der Waals surface area contributed by atoms with Crippen LogP contribution in [0.4, 0.5) is 0 Å². The molecular weight excluding hydrogens is 232 g/mol. The first kappa shape index (κ1) is 12.5. The van der Waals surface area contributed by atoms with Gasteiger partial charge < -0.3 is 14.6 Å². The lowest BCUT2D eigenvalue weighted by molar-refractivity contribution is -0.304. The molecule has 0 aliphatic rings. The maximum Gasteiger partial charge on any atom is 0.150 e. The quantitative estimate of drug-likeness (QED) is 0.717. The fourth-order valence-corrected chi connectivity index (χ4v) is 1.59. The molecule has 0 saturated carbocycles. The third kappa shape index (κ3) is 2.97. The number of aliphatic carboxylic acids is 1. The first-order chi connectivity index (χ1) is 7.58. The second-order valence-electron chi connectivity index (χ2n) is 3.08. The zero-order chi connectivity index (χ0) is 12.1. The van der Waals surface area contributed by atoms with Crippen LogP contribution in [0.5, 0.6) is 5.75 Å². The molecule has 1 aromatic carbocycles. The highest BCUT2D eigenvalue weighted by molar-refractivity contribution is 6.32. The third-order valence-electron chi connectivity index (χ3n) is 1.93. The lowest BCUT2D eigenvalue weighted by Gasteiger charge is -2.13.